The number of carbonyl (C=O) groups excluding carboxylic acids is 1. The summed E-state index contributed by atoms with van der Waals surface area (Å²) < 4.78 is 23.0. The lowest BCUT2D eigenvalue weighted by Gasteiger charge is -2.17. The Balaban J connectivity index is 3.14. The molecule has 0 saturated carbocycles. The molecule has 0 aromatic heterocycles. The van der Waals surface area contributed by atoms with Gasteiger partial charge in [-0.05, 0) is 37.5 Å². The van der Waals surface area contributed by atoms with Gasteiger partial charge < -0.3 is 5.32 Å². The maximum atomic E-state index is 12.2. The first-order valence-corrected chi connectivity index (χ1v) is 8.76. The van der Waals surface area contributed by atoms with Crippen molar-refractivity contribution in [3.05, 3.63) is 28.3 Å². The fourth-order valence-corrected chi connectivity index (χ4v) is 3.20. The highest BCUT2D eigenvalue weighted by Gasteiger charge is 2.19. The van der Waals surface area contributed by atoms with Crippen LogP contribution in [0.1, 0.15) is 49.0 Å². The number of primary sulfonamides is 1. The van der Waals surface area contributed by atoms with E-state index < -0.39 is 10.0 Å². The Hall–Kier alpha value is -1.11. The molecule has 0 bridgehead atoms. The van der Waals surface area contributed by atoms with Crippen LogP contribution in [0, 0.1) is 6.92 Å². The molecule has 1 amide bonds. The molecule has 0 heterocycles. The second-order valence-electron chi connectivity index (χ2n) is 5.02. The van der Waals surface area contributed by atoms with Gasteiger partial charge in [0.05, 0.1) is 5.02 Å². The zero-order valence-electron chi connectivity index (χ0n) is 12.4. The number of amides is 1. The lowest BCUT2D eigenvalue weighted by Crippen LogP contribution is -2.34. The number of benzene rings is 1. The molecule has 0 aliphatic heterocycles. The van der Waals surface area contributed by atoms with Gasteiger partial charge in [-0.3, -0.25) is 4.79 Å². The van der Waals surface area contributed by atoms with Gasteiger partial charge in [-0.25, -0.2) is 13.6 Å². The predicted molar refractivity (Wildman–Crippen MR) is 84.0 cm³/mol. The third-order valence-corrected chi connectivity index (χ3v) is 4.80. The minimum atomic E-state index is -3.97. The second kappa shape index (κ2) is 7.24. The van der Waals surface area contributed by atoms with Crippen LogP contribution in [0.2, 0.25) is 5.02 Å². The van der Waals surface area contributed by atoms with Gasteiger partial charge in [0.15, 0.2) is 0 Å². The number of carbonyl (C=O) groups is 1. The summed E-state index contributed by atoms with van der Waals surface area (Å²) in [5.41, 5.74) is 0.743. The topological polar surface area (TPSA) is 89.3 Å². The number of aryl methyl sites for hydroxylation is 1. The molecule has 5 nitrogen and oxygen atoms in total. The van der Waals surface area contributed by atoms with Crippen molar-refractivity contribution in [3.63, 3.8) is 0 Å². The zero-order valence-corrected chi connectivity index (χ0v) is 14.0. The summed E-state index contributed by atoms with van der Waals surface area (Å²) in [7, 11) is -3.97. The van der Waals surface area contributed by atoms with Crippen molar-refractivity contribution >= 4 is 27.5 Å². The average molecular weight is 333 g/mol. The van der Waals surface area contributed by atoms with Crippen LogP contribution in [0.5, 0.6) is 0 Å². The lowest BCUT2D eigenvalue weighted by atomic mass is 10.1. The highest BCUT2D eigenvalue weighted by Crippen LogP contribution is 2.26. The van der Waals surface area contributed by atoms with E-state index in [0.717, 1.165) is 19.3 Å². The minimum absolute atomic E-state index is 0.0506. The van der Waals surface area contributed by atoms with Crippen molar-refractivity contribution in [2.45, 2.75) is 51.0 Å². The van der Waals surface area contributed by atoms with E-state index in [9.17, 15) is 13.2 Å². The molecule has 1 unspecified atom stereocenters. The van der Waals surface area contributed by atoms with Gasteiger partial charge in [-0.1, -0.05) is 31.9 Å². The van der Waals surface area contributed by atoms with Crippen LogP contribution in [-0.4, -0.2) is 20.4 Å². The molecule has 0 spiro atoms. The summed E-state index contributed by atoms with van der Waals surface area (Å²) in [5, 5.41) is 8.07. The van der Waals surface area contributed by atoms with E-state index in [0.29, 0.717) is 5.56 Å². The van der Waals surface area contributed by atoms with Gasteiger partial charge in [-0.15, -0.1) is 0 Å². The Morgan fingerprint density at radius 2 is 2.00 bits per heavy atom. The maximum absolute atomic E-state index is 12.2. The summed E-state index contributed by atoms with van der Waals surface area (Å²) in [5.74, 6) is -0.319. The molecular formula is C14H21ClN2O3S. The molecule has 1 rings (SSSR count). The van der Waals surface area contributed by atoms with Gasteiger partial charge in [-0.2, -0.15) is 0 Å². The number of hydrogen-bond donors (Lipinski definition) is 2. The highest BCUT2D eigenvalue weighted by molar-refractivity contribution is 7.89. The highest BCUT2D eigenvalue weighted by atomic mass is 35.5. The Morgan fingerprint density at radius 1 is 1.38 bits per heavy atom. The minimum Gasteiger partial charge on any atom is -0.349 e. The zero-order chi connectivity index (χ0) is 16.2. The van der Waals surface area contributed by atoms with Crippen LogP contribution in [-0.2, 0) is 10.0 Å². The number of nitrogens with one attached hydrogen (secondary N) is 1. The van der Waals surface area contributed by atoms with E-state index in [2.05, 4.69) is 5.32 Å². The van der Waals surface area contributed by atoms with Gasteiger partial charge in [0.1, 0.15) is 4.90 Å². The van der Waals surface area contributed by atoms with E-state index in [-0.39, 0.29) is 27.4 Å². The quantitative estimate of drug-likeness (QED) is 0.839. The molecule has 1 aromatic rings. The second-order valence-corrected chi connectivity index (χ2v) is 6.93. The van der Waals surface area contributed by atoms with Gasteiger partial charge in [0.25, 0.3) is 5.91 Å². The molecule has 1 aromatic carbocycles. The van der Waals surface area contributed by atoms with Crippen LogP contribution in [0.4, 0.5) is 0 Å². The average Bonchev–Trinajstić information content (AvgIpc) is 2.39. The van der Waals surface area contributed by atoms with Crippen LogP contribution >= 0.6 is 11.6 Å². The van der Waals surface area contributed by atoms with Crippen LogP contribution in [0.25, 0.3) is 0 Å². The van der Waals surface area contributed by atoms with Crippen LogP contribution in [0.3, 0.4) is 0 Å². The molecule has 1 atom stereocenters. The number of hydrogen-bond acceptors (Lipinski definition) is 3. The fraction of sp³-hybridized carbons (Fsp3) is 0.500. The molecule has 0 fully saturated rings. The smallest absolute Gasteiger partial charge is 0.251 e. The SMILES string of the molecule is CCCC(CC)NC(=O)c1cc(C)c(Cl)c(S(N)(=O)=O)c1. The molecular weight excluding hydrogens is 312 g/mol. The van der Waals surface area contributed by atoms with Gasteiger partial charge in [0, 0.05) is 11.6 Å². The van der Waals surface area contributed by atoms with E-state index in [1.807, 2.05) is 13.8 Å². The Morgan fingerprint density at radius 3 is 2.48 bits per heavy atom. The first-order valence-electron chi connectivity index (χ1n) is 6.84. The Kier molecular flexibility index (Phi) is 6.19. The standard InChI is InChI=1S/C14H21ClN2O3S/c1-4-6-11(5-2)17-14(18)10-7-9(3)13(15)12(8-10)21(16,19)20/h7-8,11H,4-6H2,1-3H3,(H,17,18)(H2,16,19,20). The molecule has 7 heteroatoms. The summed E-state index contributed by atoms with van der Waals surface area (Å²) >= 11 is 5.95. The van der Waals surface area contributed by atoms with E-state index in [1.54, 1.807) is 13.0 Å². The van der Waals surface area contributed by atoms with E-state index in [1.165, 1.54) is 6.07 Å². The van der Waals surface area contributed by atoms with Crippen molar-refractivity contribution in [3.8, 4) is 0 Å². The van der Waals surface area contributed by atoms with Gasteiger partial charge >= 0.3 is 0 Å². The largest absolute Gasteiger partial charge is 0.349 e. The molecule has 3 N–H and O–H groups in total. The number of halogens is 1. The summed E-state index contributed by atoms with van der Waals surface area (Å²) in [6, 6.07) is 2.85. The normalized spacial score (nSPS) is 13.0. The molecule has 21 heavy (non-hydrogen) atoms. The van der Waals surface area contributed by atoms with E-state index in [4.69, 9.17) is 16.7 Å². The van der Waals surface area contributed by atoms with Crippen molar-refractivity contribution in [1.82, 2.24) is 5.32 Å². The van der Waals surface area contributed by atoms with Crippen molar-refractivity contribution < 1.29 is 13.2 Å². The third-order valence-electron chi connectivity index (χ3n) is 3.26. The van der Waals surface area contributed by atoms with E-state index >= 15 is 0 Å². The van der Waals surface area contributed by atoms with Crippen molar-refractivity contribution in [1.29, 1.82) is 0 Å². The van der Waals surface area contributed by atoms with Crippen LogP contribution in [0.15, 0.2) is 17.0 Å². The monoisotopic (exact) mass is 332 g/mol. The fourth-order valence-electron chi connectivity index (χ4n) is 2.07. The molecule has 0 saturated heterocycles. The molecule has 118 valence electrons. The van der Waals surface area contributed by atoms with Crippen molar-refractivity contribution in [2.75, 3.05) is 0 Å². The summed E-state index contributed by atoms with van der Waals surface area (Å²) in [6.45, 7) is 5.67. The Bertz CT molecular complexity index is 629. The number of rotatable bonds is 6. The molecule has 0 aliphatic carbocycles. The lowest BCUT2D eigenvalue weighted by molar-refractivity contribution is 0.0933. The van der Waals surface area contributed by atoms with Crippen LogP contribution < -0.4 is 10.5 Å². The first kappa shape index (κ1) is 17.9. The maximum Gasteiger partial charge on any atom is 0.251 e. The first-order chi connectivity index (χ1) is 9.70. The van der Waals surface area contributed by atoms with Crippen molar-refractivity contribution in [2.24, 2.45) is 5.14 Å². The molecule has 0 radical (unpaired) electrons. The van der Waals surface area contributed by atoms with Gasteiger partial charge in [0.2, 0.25) is 10.0 Å². The molecule has 0 aliphatic rings. The third kappa shape index (κ3) is 4.69. The summed E-state index contributed by atoms with van der Waals surface area (Å²) in [6.07, 6.45) is 2.64. The Labute approximate surface area is 130 Å². The number of nitrogens with two attached hydrogens (primary N) is 1. The number of sulfonamides is 1. The summed E-state index contributed by atoms with van der Waals surface area (Å²) in [4.78, 5) is 12.0. The predicted octanol–water partition coefficient (Wildman–Crippen LogP) is 2.60.